The number of benzene rings is 4. The molecule has 0 aromatic heterocycles. The molecule has 7 rings (SSSR count). The molecule has 2 saturated heterocycles. The minimum atomic E-state index is -4.23. The van der Waals surface area contributed by atoms with Gasteiger partial charge in [0.15, 0.2) is 0 Å². The topological polar surface area (TPSA) is 74.8 Å². The molecule has 0 aliphatic carbocycles. The molecule has 0 spiro atoms. The molecule has 3 aliphatic heterocycles. The van der Waals surface area contributed by atoms with E-state index >= 15 is 0 Å². The van der Waals surface area contributed by atoms with Crippen molar-refractivity contribution in [3.63, 3.8) is 0 Å². The molecule has 2 amide bonds. The van der Waals surface area contributed by atoms with E-state index in [1.807, 2.05) is 37.3 Å². The highest BCUT2D eigenvalue weighted by Crippen LogP contribution is 2.71. The lowest BCUT2D eigenvalue weighted by Crippen LogP contribution is -2.53. The molecule has 2 bridgehead atoms. The fraction of sp³-hybridized carbons (Fsp3) is 0.188. The Bertz CT molecular complexity index is 1810. The Morgan fingerprint density at radius 2 is 1.30 bits per heavy atom. The van der Waals surface area contributed by atoms with Gasteiger partial charge in [-0.2, -0.15) is 4.31 Å². The van der Waals surface area contributed by atoms with Crippen LogP contribution in [0.4, 0.5) is 5.69 Å². The highest BCUT2D eigenvalue weighted by molar-refractivity contribution is 7.89. The van der Waals surface area contributed by atoms with Crippen LogP contribution in [0.15, 0.2) is 108 Å². The molecule has 2 fully saturated rings. The summed E-state index contributed by atoms with van der Waals surface area (Å²) in [6.07, 6.45) is 0. The second-order valence-corrected chi connectivity index (χ2v) is 13.1. The lowest BCUT2D eigenvalue weighted by molar-refractivity contribution is -0.124. The predicted molar refractivity (Wildman–Crippen MR) is 152 cm³/mol. The van der Waals surface area contributed by atoms with Crippen LogP contribution >= 0.6 is 11.6 Å². The Kier molecular flexibility index (Phi) is 5.27. The van der Waals surface area contributed by atoms with Gasteiger partial charge in [-0.15, -0.1) is 0 Å². The first-order valence-electron chi connectivity index (χ1n) is 13.1. The number of anilines is 1. The monoisotopic (exact) mass is 568 g/mol. The highest BCUT2D eigenvalue weighted by atomic mass is 35.5. The molecular weight excluding hydrogens is 544 g/mol. The van der Waals surface area contributed by atoms with Crippen molar-refractivity contribution < 1.29 is 18.0 Å². The summed E-state index contributed by atoms with van der Waals surface area (Å²) in [5, 5.41) is 0.483. The van der Waals surface area contributed by atoms with Crippen molar-refractivity contribution in [3.8, 4) is 0 Å². The van der Waals surface area contributed by atoms with E-state index in [1.54, 1.807) is 79.7 Å². The van der Waals surface area contributed by atoms with Gasteiger partial charge in [0.2, 0.25) is 21.8 Å². The van der Waals surface area contributed by atoms with E-state index in [0.29, 0.717) is 21.8 Å². The van der Waals surface area contributed by atoms with Gasteiger partial charge >= 0.3 is 0 Å². The Morgan fingerprint density at radius 1 is 0.725 bits per heavy atom. The quantitative estimate of drug-likeness (QED) is 0.299. The van der Waals surface area contributed by atoms with Crippen LogP contribution in [0.1, 0.15) is 29.2 Å². The standard InChI is InChI=1S/C32H25ClN2O4S/c1-20-12-18-24(19-13-20)40(38,39)35-31(2)25-10-6-7-11-26(25)32(35,21-14-16-22(33)17-15-21)28-27(31)29(36)34(30(28)37)23-8-4-3-5-9-23/h3-19,27-28H,1-2H3. The number of carbonyl (C=O) groups excluding carboxylic acids is 2. The largest absolute Gasteiger partial charge is 0.274 e. The van der Waals surface area contributed by atoms with E-state index < -0.39 is 44.8 Å². The summed E-state index contributed by atoms with van der Waals surface area (Å²) in [7, 11) is -4.23. The molecule has 3 heterocycles. The van der Waals surface area contributed by atoms with E-state index in [9.17, 15) is 18.0 Å². The molecule has 40 heavy (non-hydrogen) atoms. The minimum Gasteiger partial charge on any atom is -0.274 e. The number of nitrogens with zero attached hydrogens (tertiary/aromatic N) is 2. The number of imide groups is 1. The third kappa shape index (κ3) is 2.95. The highest BCUT2D eigenvalue weighted by Gasteiger charge is 2.81. The van der Waals surface area contributed by atoms with Crippen molar-refractivity contribution >= 4 is 39.1 Å². The zero-order valence-electron chi connectivity index (χ0n) is 21.8. The molecule has 0 N–H and O–H groups in total. The summed E-state index contributed by atoms with van der Waals surface area (Å²) in [5.41, 5.74) is 0.601. The number of fused-ring (bicyclic) bond motifs is 8. The molecule has 3 aliphatic rings. The van der Waals surface area contributed by atoms with Gasteiger partial charge in [0.25, 0.3) is 0 Å². The van der Waals surface area contributed by atoms with Gasteiger partial charge in [0.05, 0.1) is 33.5 Å². The summed E-state index contributed by atoms with van der Waals surface area (Å²) >= 11 is 6.29. The van der Waals surface area contributed by atoms with Crippen LogP contribution in [0.5, 0.6) is 0 Å². The van der Waals surface area contributed by atoms with Crippen LogP contribution in [-0.2, 0) is 30.7 Å². The number of aryl methyl sites for hydroxylation is 1. The maximum absolute atomic E-state index is 14.8. The number of para-hydroxylation sites is 1. The molecule has 4 aromatic carbocycles. The number of hydrogen-bond donors (Lipinski definition) is 0. The summed E-state index contributed by atoms with van der Waals surface area (Å²) < 4.78 is 31.0. The van der Waals surface area contributed by atoms with Crippen LogP contribution < -0.4 is 4.90 Å². The second-order valence-electron chi connectivity index (χ2n) is 10.9. The van der Waals surface area contributed by atoms with Crippen LogP contribution in [0, 0.1) is 18.8 Å². The number of halogens is 1. The number of amides is 2. The van der Waals surface area contributed by atoms with Crippen LogP contribution in [-0.4, -0.2) is 24.5 Å². The van der Waals surface area contributed by atoms with Gasteiger partial charge in [0, 0.05) is 5.02 Å². The lowest BCUT2D eigenvalue weighted by atomic mass is 9.63. The van der Waals surface area contributed by atoms with E-state index in [2.05, 4.69) is 0 Å². The lowest BCUT2D eigenvalue weighted by Gasteiger charge is -2.40. The van der Waals surface area contributed by atoms with Crippen molar-refractivity contribution in [2.45, 2.75) is 29.8 Å². The molecular formula is C32H25ClN2O4S. The van der Waals surface area contributed by atoms with Gasteiger partial charge in [-0.05, 0) is 66.9 Å². The van der Waals surface area contributed by atoms with Crippen LogP contribution in [0.3, 0.4) is 0 Å². The van der Waals surface area contributed by atoms with Crippen molar-refractivity contribution in [1.82, 2.24) is 4.31 Å². The Balaban J connectivity index is 1.58. The molecule has 4 unspecified atom stereocenters. The van der Waals surface area contributed by atoms with Gasteiger partial charge in [-0.25, -0.2) is 13.3 Å². The predicted octanol–water partition coefficient (Wildman–Crippen LogP) is 5.63. The summed E-state index contributed by atoms with van der Waals surface area (Å²) in [4.78, 5) is 30.2. The minimum absolute atomic E-state index is 0.107. The zero-order valence-corrected chi connectivity index (χ0v) is 23.4. The van der Waals surface area contributed by atoms with E-state index in [-0.39, 0.29) is 4.90 Å². The number of rotatable bonds is 4. The van der Waals surface area contributed by atoms with Crippen molar-refractivity contribution in [2.24, 2.45) is 11.8 Å². The second kappa shape index (κ2) is 8.36. The van der Waals surface area contributed by atoms with Crippen LogP contribution in [0.25, 0.3) is 0 Å². The van der Waals surface area contributed by atoms with E-state index in [1.165, 1.54) is 9.21 Å². The first kappa shape index (κ1) is 25.2. The van der Waals surface area contributed by atoms with Gasteiger partial charge in [-0.1, -0.05) is 83.9 Å². The number of hydrogen-bond acceptors (Lipinski definition) is 4. The van der Waals surface area contributed by atoms with Gasteiger partial charge in [-0.3, -0.25) is 9.59 Å². The molecule has 200 valence electrons. The third-order valence-electron chi connectivity index (χ3n) is 8.85. The summed E-state index contributed by atoms with van der Waals surface area (Å²) in [5.74, 6) is -2.75. The molecule has 4 aromatic rings. The molecule has 0 saturated carbocycles. The van der Waals surface area contributed by atoms with Crippen molar-refractivity contribution in [3.05, 3.63) is 130 Å². The van der Waals surface area contributed by atoms with Gasteiger partial charge < -0.3 is 0 Å². The summed E-state index contributed by atoms with van der Waals surface area (Å²) in [6.45, 7) is 3.68. The molecule has 0 radical (unpaired) electrons. The third-order valence-corrected chi connectivity index (χ3v) is 11.1. The molecule has 4 atom stereocenters. The Hall–Kier alpha value is -3.78. The molecule has 8 heteroatoms. The summed E-state index contributed by atoms with van der Waals surface area (Å²) in [6, 6.07) is 29.9. The Labute approximate surface area is 237 Å². The number of carbonyl (C=O) groups is 2. The average molecular weight is 569 g/mol. The SMILES string of the molecule is Cc1ccc(S(=O)(=O)N2C3(C)c4ccccc4C2(c2ccc(Cl)cc2)C2C(=O)N(c4ccccc4)C(=O)C23)cc1. The first-order chi connectivity index (χ1) is 19.1. The van der Waals surface area contributed by atoms with E-state index in [4.69, 9.17) is 11.6 Å². The number of sulfonamides is 1. The van der Waals surface area contributed by atoms with E-state index in [0.717, 1.165) is 11.1 Å². The fourth-order valence-electron chi connectivity index (χ4n) is 7.33. The molecule has 6 nitrogen and oxygen atoms in total. The Morgan fingerprint density at radius 3 is 1.95 bits per heavy atom. The maximum atomic E-state index is 14.8. The van der Waals surface area contributed by atoms with Crippen molar-refractivity contribution in [2.75, 3.05) is 4.90 Å². The first-order valence-corrected chi connectivity index (χ1v) is 14.9. The maximum Gasteiger partial charge on any atom is 0.245 e. The average Bonchev–Trinajstić information content (AvgIpc) is 3.47. The van der Waals surface area contributed by atoms with Crippen LogP contribution in [0.2, 0.25) is 5.02 Å². The fourth-order valence-corrected chi connectivity index (χ4v) is 9.55. The van der Waals surface area contributed by atoms with Crippen molar-refractivity contribution in [1.29, 1.82) is 0 Å². The normalized spacial score (nSPS) is 27.2. The zero-order chi connectivity index (χ0) is 28.0. The van der Waals surface area contributed by atoms with Gasteiger partial charge in [0.1, 0.15) is 0 Å². The smallest absolute Gasteiger partial charge is 0.245 e.